The fourth-order valence-corrected chi connectivity index (χ4v) is 0.656. The maximum atomic E-state index is 10.6. The van der Waals surface area contributed by atoms with Crippen molar-refractivity contribution in [2.24, 2.45) is 0 Å². The van der Waals surface area contributed by atoms with Gasteiger partial charge in [-0.15, -0.1) is 0 Å². The van der Waals surface area contributed by atoms with E-state index in [0.717, 1.165) is 0 Å². The molecule has 1 rings (SSSR count). The van der Waals surface area contributed by atoms with Gasteiger partial charge in [0.05, 0.1) is 5.48 Å². The molecule has 0 aliphatic heterocycles. The lowest BCUT2D eigenvalue weighted by atomic mass is 10.2. The summed E-state index contributed by atoms with van der Waals surface area (Å²) in [4.78, 5) is 10.6. The van der Waals surface area contributed by atoms with Gasteiger partial charge in [-0.3, -0.25) is 4.79 Å². The summed E-state index contributed by atoms with van der Waals surface area (Å²) in [5.74, 6) is -1.94. The highest BCUT2D eigenvalue weighted by Gasteiger charge is 2.09. The second-order valence-electron chi connectivity index (χ2n) is 2.43. The van der Waals surface area contributed by atoms with E-state index >= 15 is 0 Å². The molecule has 70 valence electrons. The zero-order valence-electron chi connectivity index (χ0n) is 10.9. The van der Waals surface area contributed by atoms with Crippen LogP contribution in [0.3, 0.4) is 0 Å². The summed E-state index contributed by atoms with van der Waals surface area (Å²) < 4.78 is 29.7. The number of rotatable bonds is 3. The summed E-state index contributed by atoms with van der Waals surface area (Å²) in [5, 5.41) is 20.3. The summed E-state index contributed by atoms with van der Waals surface area (Å²) in [6, 6.07) is -3.28. The molecule has 4 heteroatoms. The normalized spacial score (nSPS) is 16.4. The van der Waals surface area contributed by atoms with Crippen LogP contribution in [-0.4, -0.2) is 22.2 Å². The minimum Gasteiger partial charge on any atom is -0.508 e. The molecule has 0 aliphatic carbocycles. The van der Waals surface area contributed by atoms with Crippen molar-refractivity contribution < 1.29 is 20.5 Å². The molecule has 13 heavy (non-hydrogen) atoms. The Morgan fingerprint density at radius 1 is 1.54 bits per heavy atom. The lowest BCUT2D eigenvalue weighted by Gasteiger charge is -2.09. The maximum absolute atomic E-state index is 10.6. The molecule has 0 saturated heterocycles. The van der Waals surface area contributed by atoms with Gasteiger partial charge in [0.15, 0.2) is 0 Å². The number of carboxylic acid groups (broad SMARTS) is 1. The van der Waals surface area contributed by atoms with Crippen LogP contribution >= 0.6 is 0 Å². The van der Waals surface area contributed by atoms with Crippen LogP contribution in [0, 0.1) is 0 Å². The van der Waals surface area contributed by atoms with Crippen molar-refractivity contribution in [3.63, 3.8) is 0 Å². The average Bonchev–Trinajstić information content (AvgIpc) is 2.29. The second kappa shape index (κ2) is 3.80. The SMILES string of the molecule is [2H]c1c([2H])c(N[C@H](C)C(=O)O)c([2H])c([2H])c1O. The van der Waals surface area contributed by atoms with Crippen LogP contribution in [0.1, 0.15) is 12.4 Å². The minimum absolute atomic E-state index is 0.243. The minimum atomic E-state index is -1.19. The van der Waals surface area contributed by atoms with Gasteiger partial charge in [0.2, 0.25) is 0 Å². The summed E-state index contributed by atoms with van der Waals surface area (Å²) in [7, 11) is 0. The van der Waals surface area contributed by atoms with Gasteiger partial charge < -0.3 is 15.5 Å². The van der Waals surface area contributed by atoms with E-state index in [2.05, 4.69) is 5.32 Å². The number of carbonyl (C=O) groups is 1. The highest BCUT2D eigenvalue weighted by molar-refractivity contribution is 5.76. The molecule has 1 aromatic carbocycles. The van der Waals surface area contributed by atoms with Gasteiger partial charge in [0, 0.05) is 5.69 Å². The second-order valence-corrected chi connectivity index (χ2v) is 2.43. The third-order valence-corrected chi connectivity index (χ3v) is 1.34. The van der Waals surface area contributed by atoms with E-state index in [1.165, 1.54) is 6.92 Å². The first-order chi connectivity index (χ1) is 7.77. The van der Waals surface area contributed by atoms with Crippen molar-refractivity contribution in [2.75, 3.05) is 5.32 Å². The van der Waals surface area contributed by atoms with Gasteiger partial charge in [-0.1, -0.05) is 0 Å². The lowest BCUT2D eigenvalue weighted by molar-refractivity contribution is -0.137. The van der Waals surface area contributed by atoms with E-state index < -0.39 is 41.9 Å². The number of carboxylic acids is 1. The Kier molecular flexibility index (Phi) is 1.49. The predicted molar refractivity (Wildman–Crippen MR) is 48.8 cm³/mol. The van der Waals surface area contributed by atoms with E-state index in [4.69, 9.17) is 10.6 Å². The first-order valence-corrected chi connectivity index (χ1v) is 3.56. The van der Waals surface area contributed by atoms with E-state index in [-0.39, 0.29) is 5.69 Å². The topological polar surface area (TPSA) is 69.6 Å². The highest BCUT2D eigenvalue weighted by Crippen LogP contribution is 2.14. The van der Waals surface area contributed by atoms with Crippen molar-refractivity contribution in [1.29, 1.82) is 0 Å². The Balaban J connectivity index is 3.30. The first kappa shape index (κ1) is 5.11. The van der Waals surface area contributed by atoms with Crippen LogP contribution in [0.5, 0.6) is 5.75 Å². The number of anilines is 1. The maximum Gasteiger partial charge on any atom is 0.325 e. The molecule has 0 aromatic heterocycles. The smallest absolute Gasteiger partial charge is 0.325 e. The number of phenols is 1. The van der Waals surface area contributed by atoms with Gasteiger partial charge in [0.25, 0.3) is 0 Å². The largest absolute Gasteiger partial charge is 0.508 e. The van der Waals surface area contributed by atoms with E-state index in [9.17, 15) is 9.90 Å². The number of benzene rings is 1. The molecule has 0 saturated carbocycles. The number of nitrogens with one attached hydrogen (secondary N) is 1. The number of hydrogen-bond acceptors (Lipinski definition) is 3. The monoisotopic (exact) mass is 185 g/mol. The van der Waals surface area contributed by atoms with Crippen molar-refractivity contribution in [3.05, 3.63) is 24.2 Å². The molecular weight excluding hydrogens is 170 g/mol. The Morgan fingerprint density at radius 3 is 2.54 bits per heavy atom. The third-order valence-electron chi connectivity index (χ3n) is 1.34. The molecule has 0 bridgehead atoms. The van der Waals surface area contributed by atoms with Crippen LogP contribution in [0.15, 0.2) is 24.2 Å². The van der Waals surface area contributed by atoms with Gasteiger partial charge in [0.1, 0.15) is 11.8 Å². The summed E-state index contributed by atoms with van der Waals surface area (Å²) in [5.41, 5.74) is -0.243. The summed E-state index contributed by atoms with van der Waals surface area (Å²) >= 11 is 0. The Bertz CT molecular complexity index is 449. The first-order valence-electron chi connectivity index (χ1n) is 5.56. The fourth-order valence-electron chi connectivity index (χ4n) is 0.656. The third kappa shape index (κ3) is 2.66. The molecule has 0 fully saturated rings. The predicted octanol–water partition coefficient (Wildman–Crippen LogP) is 1.28. The summed E-state index contributed by atoms with van der Waals surface area (Å²) in [6.45, 7) is 1.31. The van der Waals surface area contributed by atoms with Crippen molar-refractivity contribution in [3.8, 4) is 5.75 Å². The zero-order chi connectivity index (χ0) is 13.3. The molecule has 1 aromatic rings. The van der Waals surface area contributed by atoms with Crippen LogP contribution in [0.2, 0.25) is 0 Å². The molecule has 4 nitrogen and oxygen atoms in total. The standard InChI is InChI=1S/C9H11NO3/c1-6(9(12)13)10-7-2-4-8(11)5-3-7/h2-6,10-11H,1H3,(H,12,13)/t6-/m1/s1/i2D,3D,4D,5D. The average molecular weight is 185 g/mol. The molecule has 1 atom stereocenters. The number of aliphatic carboxylic acids is 1. The number of hydrogen-bond donors (Lipinski definition) is 3. The Morgan fingerprint density at radius 2 is 2.08 bits per heavy atom. The van der Waals surface area contributed by atoms with Crippen molar-refractivity contribution in [2.45, 2.75) is 13.0 Å². The fraction of sp³-hybridized carbons (Fsp3) is 0.222. The van der Waals surface area contributed by atoms with E-state index in [0.29, 0.717) is 0 Å². The molecule has 0 spiro atoms. The van der Waals surface area contributed by atoms with Crippen LogP contribution in [0.4, 0.5) is 5.69 Å². The highest BCUT2D eigenvalue weighted by atomic mass is 16.4. The van der Waals surface area contributed by atoms with Crippen LogP contribution in [-0.2, 0) is 4.79 Å². The van der Waals surface area contributed by atoms with Gasteiger partial charge in [-0.2, -0.15) is 0 Å². The van der Waals surface area contributed by atoms with Crippen molar-refractivity contribution in [1.82, 2.24) is 0 Å². The van der Waals surface area contributed by atoms with Gasteiger partial charge >= 0.3 is 5.97 Å². The zero-order valence-corrected chi connectivity index (χ0v) is 6.88. The molecule has 0 amide bonds. The Hall–Kier alpha value is -1.71. The van der Waals surface area contributed by atoms with Crippen LogP contribution in [0.25, 0.3) is 0 Å². The van der Waals surface area contributed by atoms with Gasteiger partial charge in [-0.25, -0.2) is 0 Å². The van der Waals surface area contributed by atoms with Crippen molar-refractivity contribution >= 4 is 11.7 Å². The number of phenolic OH excluding ortho intramolecular Hbond substituents is 1. The molecule has 0 unspecified atom stereocenters. The molecule has 3 N–H and O–H groups in total. The summed E-state index contributed by atoms with van der Waals surface area (Å²) in [6.07, 6.45) is 0. The molecule has 0 radical (unpaired) electrons. The van der Waals surface area contributed by atoms with E-state index in [1.54, 1.807) is 0 Å². The van der Waals surface area contributed by atoms with Crippen LogP contribution < -0.4 is 5.32 Å². The van der Waals surface area contributed by atoms with Gasteiger partial charge in [-0.05, 0) is 31.1 Å². The Labute approximate surface area is 81.4 Å². The lowest BCUT2D eigenvalue weighted by Crippen LogP contribution is -2.25. The van der Waals surface area contributed by atoms with E-state index in [1.807, 2.05) is 0 Å². The quantitative estimate of drug-likeness (QED) is 0.620. The number of aromatic hydroxyl groups is 1. The molecule has 0 heterocycles. The molecular formula is C9H11NO3. The molecule has 0 aliphatic rings.